The average Bonchev–Trinajstić information content (AvgIpc) is 3.63. The number of rotatable bonds is 19. The van der Waals surface area contributed by atoms with Crippen molar-refractivity contribution >= 4 is 23.7 Å². The number of carbonyl (C=O) groups is 4. The first-order valence-electron chi connectivity index (χ1n) is 17.1. The van der Waals surface area contributed by atoms with Crippen LogP contribution in [0.5, 0.6) is 5.75 Å². The Morgan fingerprint density at radius 2 is 1.42 bits per heavy atom. The van der Waals surface area contributed by atoms with Gasteiger partial charge in [-0.25, -0.2) is 9.78 Å². The van der Waals surface area contributed by atoms with Gasteiger partial charge in [0, 0.05) is 44.6 Å². The summed E-state index contributed by atoms with van der Waals surface area (Å²) < 4.78 is 0. The minimum atomic E-state index is -1.29. The highest BCUT2D eigenvalue weighted by Crippen LogP contribution is 2.16. The normalized spacial score (nSPS) is 12.8. The Hall–Kier alpha value is -5.45. The van der Waals surface area contributed by atoms with E-state index >= 15 is 0 Å². The number of hydrogen-bond acceptors (Lipinski definition) is 6. The highest BCUT2D eigenvalue weighted by molar-refractivity contribution is 5.93. The first-order valence-corrected chi connectivity index (χ1v) is 17.1. The number of aryl methyl sites for hydroxylation is 2. The number of aliphatic carboxylic acids is 1. The second-order valence-electron chi connectivity index (χ2n) is 12.6. The van der Waals surface area contributed by atoms with Gasteiger partial charge in [0.1, 0.15) is 23.9 Å². The van der Waals surface area contributed by atoms with Crippen molar-refractivity contribution in [1.29, 1.82) is 0 Å². The number of carbonyl (C=O) groups excluding carboxylic acids is 3. The largest absolute Gasteiger partial charge is 0.508 e. The van der Waals surface area contributed by atoms with Crippen molar-refractivity contribution in [3.63, 3.8) is 0 Å². The molecule has 0 spiro atoms. The lowest BCUT2D eigenvalue weighted by molar-refractivity contribution is -0.145. The molecule has 3 amide bonds. The second kappa shape index (κ2) is 18.9. The van der Waals surface area contributed by atoms with Crippen LogP contribution < -0.4 is 10.6 Å². The number of phenolic OH excluding ortho intramolecular Hbond substituents is 1. The molecule has 11 nitrogen and oxygen atoms in total. The zero-order valence-electron chi connectivity index (χ0n) is 28.7. The van der Waals surface area contributed by atoms with E-state index in [0.29, 0.717) is 17.7 Å². The topological polar surface area (TPSA) is 165 Å². The maximum Gasteiger partial charge on any atom is 0.326 e. The summed E-state index contributed by atoms with van der Waals surface area (Å²) in [6.07, 6.45) is 8.44. The van der Waals surface area contributed by atoms with E-state index in [1.165, 1.54) is 48.8 Å². The van der Waals surface area contributed by atoms with Crippen LogP contribution >= 0.6 is 0 Å². The molecule has 0 aliphatic rings. The monoisotopic (exact) mass is 681 g/mol. The van der Waals surface area contributed by atoms with Gasteiger partial charge in [0.25, 0.3) is 0 Å². The van der Waals surface area contributed by atoms with E-state index in [1.807, 2.05) is 42.5 Å². The van der Waals surface area contributed by atoms with Gasteiger partial charge in [0.2, 0.25) is 17.7 Å². The predicted octanol–water partition coefficient (Wildman–Crippen LogP) is 4.39. The summed E-state index contributed by atoms with van der Waals surface area (Å²) >= 11 is 0. The van der Waals surface area contributed by atoms with Crippen molar-refractivity contribution in [2.24, 2.45) is 0 Å². The molecule has 0 saturated heterocycles. The lowest BCUT2D eigenvalue weighted by Crippen LogP contribution is -2.57. The lowest BCUT2D eigenvalue weighted by atomic mass is 10.0. The van der Waals surface area contributed by atoms with Crippen LogP contribution in [0.1, 0.15) is 60.6 Å². The Balaban J connectivity index is 1.49. The van der Waals surface area contributed by atoms with Gasteiger partial charge in [-0.3, -0.25) is 14.4 Å². The molecule has 264 valence electrons. The van der Waals surface area contributed by atoms with Crippen molar-refractivity contribution < 1.29 is 29.4 Å². The first-order chi connectivity index (χ1) is 24.1. The number of H-pyrrole nitrogens is 1. The average molecular weight is 682 g/mol. The number of phenols is 1. The molecular weight excluding hydrogens is 634 g/mol. The number of unbranched alkanes of at least 4 members (excludes halogenated alkanes) is 2. The third-order valence-corrected chi connectivity index (χ3v) is 8.73. The zero-order chi connectivity index (χ0) is 35.9. The van der Waals surface area contributed by atoms with Crippen molar-refractivity contribution in [2.45, 2.75) is 82.8 Å². The van der Waals surface area contributed by atoms with Gasteiger partial charge in [-0.1, -0.05) is 86.5 Å². The van der Waals surface area contributed by atoms with E-state index in [0.717, 1.165) is 24.0 Å². The number of aromatic nitrogens is 2. The van der Waals surface area contributed by atoms with E-state index in [1.54, 1.807) is 18.3 Å². The summed E-state index contributed by atoms with van der Waals surface area (Å²) in [6, 6.07) is 20.0. The maximum atomic E-state index is 14.2. The van der Waals surface area contributed by atoms with Crippen molar-refractivity contribution in [3.05, 3.63) is 119 Å². The first kappa shape index (κ1) is 37.4. The van der Waals surface area contributed by atoms with Crippen LogP contribution in [0.2, 0.25) is 0 Å². The van der Waals surface area contributed by atoms with Gasteiger partial charge in [-0.15, -0.1) is 0 Å². The van der Waals surface area contributed by atoms with Crippen LogP contribution in [0.4, 0.5) is 0 Å². The van der Waals surface area contributed by atoms with Crippen molar-refractivity contribution in [3.8, 4) is 5.75 Å². The zero-order valence-corrected chi connectivity index (χ0v) is 28.7. The second-order valence-corrected chi connectivity index (χ2v) is 12.6. The van der Waals surface area contributed by atoms with E-state index in [9.17, 15) is 29.4 Å². The highest BCUT2D eigenvalue weighted by Gasteiger charge is 2.34. The molecule has 5 N–H and O–H groups in total. The number of aromatic amines is 1. The third-order valence-electron chi connectivity index (χ3n) is 8.73. The number of nitrogens with one attached hydrogen (secondary N) is 3. The minimum Gasteiger partial charge on any atom is -0.508 e. The van der Waals surface area contributed by atoms with Gasteiger partial charge in [-0.05, 0) is 53.6 Å². The molecule has 50 heavy (non-hydrogen) atoms. The summed E-state index contributed by atoms with van der Waals surface area (Å²) in [7, 11) is 1.49. The SMILES string of the molecule is CCCCCc1ccc(CCC(=O)N[C@H](Cc2cnc[nH]2)C(=O)N(C)[C@@H](Cc2ccccc2)C(=O)N[C@@H](Cc2ccc(O)cc2)C(=O)O)cc1. The molecule has 1 heterocycles. The molecule has 0 bridgehead atoms. The van der Waals surface area contributed by atoms with Gasteiger partial charge in [0.05, 0.1) is 6.33 Å². The fraction of sp³-hybridized carbons (Fsp3) is 0.359. The number of carboxylic acid groups (broad SMARTS) is 1. The molecule has 11 heteroatoms. The Labute approximate surface area is 293 Å². The molecule has 3 atom stereocenters. The molecule has 0 aliphatic carbocycles. The standard InChI is InChI=1S/C39H47N5O6/c1-3-4-6-9-27-12-14-28(15-13-27)18-21-36(46)42-33(24-31-25-40-26-41-31)38(48)44(2)35(23-29-10-7-5-8-11-29)37(47)43-34(39(49)50)22-30-16-19-32(45)20-17-30/h5,7-8,10-17,19-20,25-26,33-35,45H,3-4,6,9,18,21-24H2,1-2H3,(H,40,41)(H,42,46)(H,43,47)(H,49,50)/t33-,34+,35+/m1/s1. The quantitative estimate of drug-likeness (QED) is 0.0917. The van der Waals surface area contributed by atoms with E-state index < -0.39 is 35.9 Å². The number of aromatic hydroxyl groups is 1. The third kappa shape index (κ3) is 11.6. The Morgan fingerprint density at radius 1 is 0.780 bits per heavy atom. The Morgan fingerprint density at radius 3 is 2.04 bits per heavy atom. The maximum absolute atomic E-state index is 14.2. The molecule has 4 aromatic rings. The lowest BCUT2D eigenvalue weighted by Gasteiger charge is -2.32. The van der Waals surface area contributed by atoms with Gasteiger partial charge in [-0.2, -0.15) is 0 Å². The number of benzene rings is 3. The summed E-state index contributed by atoms with van der Waals surface area (Å²) in [5.74, 6) is -2.68. The molecule has 0 fully saturated rings. The molecule has 0 aliphatic heterocycles. The van der Waals surface area contributed by atoms with Gasteiger partial charge in [0.15, 0.2) is 0 Å². The van der Waals surface area contributed by atoms with E-state index in [2.05, 4.69) is 39.7 Å². The van der Waals surface area contributed by atoms with E-state index in [4.69, 9.17) is 0 Å². The highest BCUT2D eigenvalue weighted by atomic mass is 16.4. The summed E-state index contributed by atoms with van der Waals surface area (Å²) in [6.45, 7) is 2.18. The molecule has 1 aromatic heterocycles. The number of hydrogen-bond donors (Lipinski definition) is 5. The molecule has 4 rings (SSSR count). The summed E-state index contributed by atoms with van der Waals surface area (Å²) in [5.41, 5.74) is 4.28. The van der Waals surface area contributed by atoms with Gasteiger partial charge < -0.3 is 30.7 Å². The number of likely N-dealkylation sites (N-methyl/N-ethyl adjacent to an activating group) is 1. The fourth-order valence-electron chi connectivity index (χ4n) is 5.77. The molecular formula is C39H47N5O6. The number of amides is 3. The van der Waals surface area contributed by atoms with Crippen LogP contribution in [-0.4, -0.2) is 73.9 Å². The molecule has 0 unspecified atom stereocenters. The van der Waals surface area contributed by atoms with Crippen LogP contribution in [0.15, 0.2) is 91.4 Å². The van der Waals surface area contributed by atoms with Crippen LogP contribution in [0.25, 0.3) is 0 Å². The summed E-state index contributed by atoms with van der Waals surface area (Å²) in [4.78, 5) is 61.8. The minimum absolute atomic E-state index is 0.0306. The van der Waals surface area contributed by atoms with Crippen LogP contribution in [-0.2, 0) is 51.3 Å². The van der Waals surface area contributed by atoms with Crippen LogP contribution in [0.3, 0.4) is 0 Å². The van der Waals surface area contributed by atoms with E-state index in [-0.39, 0.29) is 37.3 Å². The van der Waals surface area contributed by atoms with Crippen molar-refractivity contribution in [1.82, 2.24) is 25.5 Å². The Bertz CT molecular complexity index is 1660. The Kier molecular flexibility index (Phi) is 14.1. The van der Waals surface area contributed by atoms with Gasteiger partial charge >= 0.3 is 5.97 Å². The number of imidazole rings is 1. The van der Waals surface area contributed by atoms with Crippen molar-refractivity contribution in [2.75, 3.05) is 7.05 Å². The summed E-state index contributed by atoms with van der Waals surface area (Å²) in [5, 5.41) is 25.1. The fourth-order valence-corrected chi connectivity index (χ4v) is 5.77. The van der Waals surface area contributed by atoms with Crippen LogP contribution in [0, 0.1) is 0 Å². The number of nitrogens with zero attached hydrogens (tertiary/aromatic N) is 2. The molecule has 0 radical (unpaired) electrons. The predicted molar refractivity (Wildman–Crippen MR) is 190 cm³/mol. The molecule has 3 aromatic carbocycles. The smallest absolute Gasteiger partial charge is 0.326 e. The number of carboxylic acids is 1. The molecule has 0 saturated carbocycles.